The highest BCUT2D eigenvalue weighted by atomic mass is 16.5. The van der Waals surface area contributed by atoms with Crippen molar-refractivity contribution >= 4 is 5.82 Å². The molecule has 2 saturated heterocycles. The van der Waals surface area contributed by atoms with Crippen molar-refractivity contribution in [1.29, 1.82) is 5.26 Å². The summed E-state index contributed by atoms with van der Waals surface area (Å²) >= 11 is 0. The number of rotatable bonds is 2. The molecule has 0 bridgehead atoms. The van der Waals surface area contributed by atoms with Crippen LogP contribution >= 0.6 is 0 Å². The van der Waals surface area contributed by atoms with Crippen molar-refractivity contribution in [3.63, 3.8) is 0 Å². The van der Waals surface area contributed by atoms with Gasteiger partial charge in [0.05, 0.1) is 37.5 Å². The molecule has 4 rings (SSSR count). The van der Waals surface area contributed by atoms with E-state index in [0.717, 1.165) is 23.6 Å². The van der Waals surface area contributed by atoms with E-state index in [1.54, 1.807) is 4.90 Å². The predicted molar refractivity (Wildman–Crippen MR) is 85.5 cm³/mol. The van der Waals surface area contributed by atoms with Crippen molar-refractivity contribution in [1.82, 2.24) is 15.1 Å². The van der Waals surface area contributed by atoms with E-state index < -0.39 is 0 Å². The monoisotopic (exact) mass is 307 g/mol. The first-order valence-electron chi connectivity index (χ1n) is 7.77. The summed E-state index contributed by atoms with van der Waals surface area (Å²) in [6, 6.07) is 14.2. The van der Waals surface area contributed by atoms with Crippen LogP contribution in [-0.4, -0.2) is 53.5 Å². The van der Waals surface area contributed by atoms with Crippen molar-refractivity contribution in [3.05, 3.63) is 42.5 Å². The number of hydrogen-bond donors (Lipinski definition) is 0. The molecule has 3 heterocycles. The van der Waals surface area contributed by atoms with E-state index in [0.29, 0.717) is 19.7 Å². The Morgan fingerprint density at radius 2 is 1.96 bits per heavy atom. The van der Waals surface area contributed by atoms with E-state index in [1.807, 2.05) is 42.5 Å². The fourth-order valence-electron chi connectivity index (χ4n) is 3.30. The Morgan fingerprint density at radius 1 is 1.09 bits per heavy atom. The van der Waals surface area contributed by atoms with Crippen LogP contribution in [0.2, 0.25) is 0 Å². The van der Waals surface area contributed by atoms with Gasteiger partial charge in [-0.05, 0) is 12.1 Å². The molecule has 0 amide bonds. The maximum atomic E-state index is 9.11. The molecule has 0 N–H and O–H groups in total. The number of morpholine rings is 1. The summed E-state index contributed by atoms with van der Waals surface area (Å²) in [6.07, 6.45) is 2.28. The molecular weight excluding hydrogens is 290 g/mol. The first kappa shape index (κ1) is 14.0. The van der Waals surface area contributed by atoms with Gasteiger partial charge in [0.1, 0.15) is 0 Å². The molecule has 0 spiro atoms. The third-order valence-electron chi connectivity index (χ3n) is 4.46. The first-order chi connectivity index (χ1) is 11.3. The fraction of sp³-hybridized carbons (Fsp3) is 0.353. The Labute approximate surface area is 134 Å². The van der Waals surface area contributed by atoms with Crippen molar-refractivity contribution < 1.29 is 4.74 Å². The van der Waals surface area contributed by atoms with Gasteiger partial charge in [-0.25, -0.2) is 0 Å². The SMILES string of the molecule is N#CN1C[C@@H]2OCCN(c3ccc(-c4ccccc4)nn3)[C@@H]2C1. The number of benzene rings is 1. The highest BCUT2D eigenvalue weighted by Crippen LogP contribution is 2.27. The summed E-state index contributed by atoms with van der Waals surface area (Å²) in [6.45, 7) is 2.78. The second-order valence-electron chi connectivity index (χ2n) is 5.82. The highest BCUT2D eigenvalue weighted by molar-refractivity contribution is 5.59. The van der Waals surface area contributed by atoms with Crippen LogP contribution in [0, 0.1) is 11.5 Å². The lowest BCUT2D eigenvalue weighted by Crippen LogP contribution is -2.51. The van der Waals surface area contributed by atoms with Crippen LogP contribution in [-0.2, 0) is 4.74 Å². The van der Waals surface area contributed by atoms with E-state index in [1.165, 1.54) is 0 Å². The second-order valence-corrected chi connectivity index (χ2v) is 5.82. The molecule has 6 heteroatoms. The van der Waals surface area contributed by atoms with Gasteiger partial charge in [0, 0.05) is 12.1 Å². The molecule has 0 unspecified atom stereocenters. The Bertz CT molecular complexity index is 712. The van der Waals surface area contributed by atoms with E-state index in [9.17, 15) is 0 Å². The topological polar surface area (TPSA) is 65.3 Å². The number of ether oxygens (including phenoxy) is 1. The number of anilines is 1. The third kappa shape index (κ3) is 2.60. The molecule has 2 aliphatic rings. The van der Waals surface area contributed by atoms with Crippen LogP contribution in [0.3, 0.4) is 0 Å². The molecule has 23 heavy (non-hydrogen) atoms. The van der Waals surface area contributed by atoms with E-state index in [4.69, 9.17) is 10.00 Å². The second kappa shape index (κ2) is 5.86. The molecule has 6 nitrogen and oxygen atoms in total. The quantitative estimate of drug-likeness (QED) is 0.784. The van der Waals surface area contributed by atoms with Crippen LogP contribution < -0.4 is 4.90 Å². The highest BCUT2D eigenvalue weighted by Gasteiger charge is 2.40. The average Bonchev–Trinajstić information content (AvgIpc) is 3.06. The zero-order chi connectivity index (χ0) is 15.6. The number of aromatic nitrogens is 2. The van der Waals surface area contributed by atoms with Crippen LogP contribution in [0.4, 0.5) is 5.82 Å². The van der Waals surface area contributed by atoms with E-state index in [-0.39, 0.29) is 12.1 Å². The van der Waals surface area contributed by atoms with Crippen LogP contribution in [0.15, 0.2) is 42.5 Å². The molecular formula is C17H17N5O. The van der Waals surface area contributed by atoms with Crippen LogP contribution in [0.25, 0.3) is 11.3 Å². The number of likely N-dealkylation sites (tertiary alicyclic amines) is 1. The fourth-order valence-corrected chi connectivity index (χ4v) is 3.30. The standard InChI is InChI=1S/C17H17N5O/c18-12-21-10-15-16(11-21)23-9-8-22(15)17-7-6-14(19-20-17)13-4-2-1-3-5-13/h1-7,15-16H,8-11H2/t15-,16+/m1/s1. The number of nitrogens with zero attached hydrogens (tertiary/aromatic N) is 5. The maximum absolute atomic E-state index is 9.11. The molecule has 1 aromatic heterocycles. The Hall–Kier alpha value is -2.65. The van der Waals surface area contributed by atoms with Crippen molar-refractivity contribution in [2.24, 2.45) is 0 Å². The molecule has 1 aromatic carbocycles. The summed E-state index contributed by atoms with van der Waals surface area (Å²) in [5.41, 5.74) is 1.92. The lowest BCUT2D eigenvalue weighted by atomic mass is 10.1. The Morgan fingerprint density at radius 3 is 2.70 bits per heavy atom. The van der Waals surface area contributed by atoms with Gasteiger partial charge in [-0.15, -0.1) is 10.2 Å². The first-order valence-corrected chi connectivity index (χ1v) is 7.77. The molecule has 0 aliphatic carbocycles. The molecule has 2 fully saturated rings. The summed E-state index contributed by atoms with van der Waals surface area (Å²) in [7, 11) is 0. The summed E-state index contributed by atoms with van der Waals surface area (Å²) < 4.78 is 5.80. The average molecular weight is 307 g/mol. The smallest absolute Gasteiger partial charge is 0.179 e. The maximum Gasteiger partial charge on any atom is 0.179 e. The molecule has 116 valence electrons. The van der Waals surface area contributed by atoms with Crippen LogP contribution in [0.5, 0.6) is 0 Å². The molecule has 0 saturated carbocycles. The minimum atomic E-state index is 0.0685. The Balaban J connectivity index is 1.57. The third-order valence-corrected chi connectivity index (χ3v) is 4.46. The number of nitriles is 1. The van der Waals surface area contributed by atoms with Gasteiger partial charge in [0.2, 0.25) is 0 Å². The van der Waals surface area contributed by atoms with Gasteiger partial charge in [-0.2, -0.15) is 5.26 Å². The predicted octanol–water partition coefficient (Wildman–Crippen LogP) is 1.51. The van der Waals surface area contributed by atoms with Crippen molar-refractivity contribution in [2.75, 3.05) is 31.1 Å². The Kier molecular flexibility index (Phi) is 3.56. The van der Waals surface area contributed by atoms with Gasteiger partial charge in [-0.1, -0.05) is 30.3 Å². The minimum Gasteiger partial charge on any atom is -0.372 e. The normalized spacial score (nSPS) is 23.4. The van der Waals surface area contributed by atoms with Gasteiger partial charge < -0.3 is 14.5 Å². The number of hydrogen-bond acceptors (Lipinski definition) is 6. The van der Waals surface area contributed by atoms with Crippen molar-refractivity contribution in [3.8, 4) is 17.5 Å². The zero-order valence-corrected chi connectivity index (χ0v) is 12.7. The summed E-state index contributed by atoms with van der Waals surface area (Å²) in [5.74, 6) is 0.850. The van der Waals surface area contributed by atoms with Gasteiger partial charge in [0.15, 0.2) is 12.0 Å². The lowest BCUT2D eigenvalue weighted by molar-refractivity contribution is 0.0322. The van der Waals surface area contributed by atoms with Gasteiger partial charge in [0.25, 0.3) is 0 Å². The molecule has 2 aliphatic heterocycles. The molecule has 2 aromatic rings. The van der Waals surface area contributed by atoms with Crippen molar-refractivity contribution in [2.45, 2.75) is 12.1 Å². The zero-order valence-electron chi connectivity index (χ0n) is 12.7. The van der Waals surface area contributed by atoms with Gasteiger partial charge >= 0.3 is 0 Å². The minimum absolute atomic E-state index is 0.0685. The van der Waals surface area contributed by atoms with E-state index in [2.05, 4.69) is 21.3 Å². The molecule has 2 atom stereocenters. The van der Waals surface area contributed by atoms with Crippen LogP contribution in [0.1, 0.15) is 0 Å². The summed E-state index contributed by atoms with van der Waals surface area (Å²) in [5, 5.41) is 17.9. The van der Waals surface area contributed by atoms with E-state index >= 15 is 0 Å². The molecule has 0 radical (unpaired) electrons. The lowest BCUT2D eigenvalue weighted by Gasteiger charge is -2.37. The summed E-state index contributed by atoms with van der Waals surface area (Å²) in [4.78, 5) is 3.96. The largest absolute Gasteiger partial charge is 0.372 e. The number of fused-ring (bicyclic) bond motifs is 1. The van der Waals surface area contributed by atoms with Gasteiger partial charge in [-0.3, -0.25) is 0 Å².